The van der Waals surface area contributed by atoms with Crippen molar-refractivity contribution in [3.05, 3.63) is 0 Å². The number of aliphatic carboxylic acids is 1. The molecule has 0 unspecified atom stereocenters. The number of carboxylic acids is 1. The SMILES string of the molecule is CCCCCCCCCCC(=O)O.[LiH]. The molecule has 0 saturated carbocycles. The van der Waals surface area contributed by atoms with E-state index in [9.17, 15) is 4.79 Å². The van der Waals surface area contributed by atoms with Crippen LogP contribution in [0.2, 0.25) is 0 Å². The molecule has 0 heterocycles. The molecule has 14 heavy (non-hydrogen) atoms. The number of hydrogen-bond acceptors (Lipinski definition) is 1. The fourth-order valence-electron chi connectivity index (χ4n) is 1.41. The third-order valence-corrected chi connectivity index (χ3v) is 2.24. The Balaban J connectivity index is 0. The van der Waals surface area contributed by atoms with E-state index < -0.39 is 5.97 Å². The van der Waals surface area contributed by atoms with Gasteiger partial charge in [-0.2, -0.15) is 0 Å². The molecule has 0 aromatic heterocycles. The van der Waals surface area contributed by atoms with E-state index in [0.29, 0.717) is 6.42 Å². The van der Waals surface area contributed by atoms with Gasteiger partial charge in [0.2, 0.25) is 0 Å². The van der Waals surface area contributed by atoms with Gasteiger partial charge in [0.05, 0.1) is 0 Å². The number of rotatable bonds is 9. The molecular formula is C11H23LiO2. The Morgan fingerprint density at radius 2 is 1.36 bits per heavy atom. The predicted molar refractivity (Wildman–Crippen MR) is 62.0 cm³/mol. The van der Waals surface area contributed by atoms with Gasteiger partial charge >= 0.3 is 24.8 Å². The van der Waals surface area contributed by atoms with Crippen LogP contribution in [0.1, 0.15) is 64.7 Å². The summed E-state index contributed by atoms with van der Waals surface area (Å²) in [4.78, 5) is 10.2. The fourth-order valence-corrected chi connectivity index (χ4v) is 1.41. The first-order valence-electron chi connectivity index (χ1n) is 5.49. The van der Waals surface area contributed by atoms with Crippen molar-refractivity contribution in [1.82, 2.24) is 0 Å². The van der Waals surface area contributed by atoms with E-state index in [1.54, 1.807) is 0 Å². The Morgan fingerprint density at radius 3 is 1.79 bits per heavy atom. The van der Waals surface area contributed by atoms with Crippen LogP contribution in [0.15, 0.2) is 0 Å². The van der Waals surface area contributed by atoms with Crippen molar-refractivity contribution in [2.75, 3.05) is 0 Å². The van der Waals surface area contributed by atoms with Crippen LogP contribution in [-0.4, -0.2) is 29.9 Å². The maximum absolute atomic E-state index is 10.2. The maximum atomic E-state index is 10.2. The van der Waals surface area contributed by atoms with Crippen LogP contribution in [-0.2, 0) is 4.79 Å². The van der Waals surface area contributed by atoms with Gasteiger partial charge < -0.3 is 5.11 Å². The van der Waals surface area contributed by atoms with Crippen LogP contribution in [0.3, 0.4) is 0 Å². The first kappa shape index (κ1) is 16.5. The first-order valence-corrected chi connectivity index (χ1v) is 5.49. The molecule has 0 aliphatic carbocycles. The Morgan fingerprint density at radius 1 is 0.929 bits per heavy atom. The first-order chi connectivity index (χ1) is 6.27. The van der Waals surface area contributed by atoms with Crippen molar-refractivity contribution < 1.29 is 9.90 Å². The second-order valence-electron chi connectivity index (χ2n) is 3.62. The molecule has 0 atom stereocenters. The zero-order valence-electron chi connectivity index (χ0n) is 8.72. The summed E-state index contributed by atoms with van der Waals surface area (Å²) in [7, 11) is 0. The Labute approximate surface area is 99.6 Å². The van der Waals surface area contributed by atoms with Gasteiger partial charge in [0.25, 0.3) is 0 Å². The van der Waals surface area contributed by atoms with Gasteiger partial charge in [-0.25, -0.2) is 0 Å². The predicted octanol–water partition coefficient (Wildman–Crippen LogP) is 2.95. The van der Waals surface area contributed by atoms with Crippen LogP contribution in [0.25, 0.3) is 0 Å². The van der Waals surface area contributed by atoms with Crippen molar-refractivity contribution in [2.45, 2.75) is 64.7 Å². The summed E-state index contributed by atoms with van der Waals surface area (Å²) < 4.78 is 0. The minimum atomic E-state index is -0.661. The Hall–Kier alpha value is 0.0674. The molecule has 0 aliphatic heterocycles. The van der Waals surface area contributed by atoms with Crippen LogP contribution < -0.4 is 0 Å². The second kappa shape index (κ2) is 13.1. The molecule has 0 radical (unpaired) electrons. The standard InChI is InChI=1S/C11H22O2.Li.H/c1-2-3-4-5-6-7-8-9-10-11(12)13;;/h2-10H2,1H3,(H,12,13);;. The number of hydrogen-bond donors (Lipinski definition) is 1. The van der Waals surface area contributed by atoms with Gasteiger partial charge in [-0.3, -0.25) is 4.79 Å². The van der Waals surface area contributed by atoms with Gasteiger partial charge in [-0.1, -0.05) is 51.9 Å². The molecule has 0 aliphatic rings. The quantitative estimate of drug-likeness (QED) is 0.452. The number of carboxylic acid groups (broad SMARTS) is 1. The van der Waals surface area contributed by atoms with E-state index in [1.165, 1.54) is 38.5 Å². The molecule has 3 heteroatoms. The summed E-state index contributed by atoms with van der Waals surface area (Å²) in [6.45, 7) is 2.22. The number of carbonyl (C=O) groups is 1. The molecule has 0 aromatic rings. The molecule has 0 fully saturated rings. The van der Waals surface area contributed by atoms with Gasteiger partial charge in [-0.15, -0.1) is 0 Å². The minimum absolute atomic E-state index is 0. The van der Waals surface area contributed by atoms with Gasteiger partial charge in [0.15, 0.2) is 0 Å². The van der Waals surface area contributed by atoms with Crippen LogP contribution in [0.5, 0.6) is 0 Å². The van der Waals surface area contributed by atoms with Crippen LogP contribution in [0.4, 0.5) is 0 Å². The van der Waals surface area contributed by atoms with Crippen LogP contribution in [0, 0.1) is 0 Å². The van der Waals surface area contributed by atoms with E-state index in [4.69, 9.17) is 5.11 Å². The fraction of sp³-hybridized carbons (Fsp3) is 0.909. The summed E-state index contributed by atoms with van der Waals surface area (Å²) >= 11 is 0. The third kappa shape index (κ3) is 14.6. The summed E-state index contributed by atoms with van der Waals surface area (Å²) in [6.07, 6.45) is 10.1. The monoisotopic (exact) mass is 194 g/mol. The molecule has 1 N–H and O–H groups in total. The molecule has 0 amide bonds. The third-order valence-electron chi connectivity index (χ3n) is 2.24. The van der Waals surface area contributed by atoms with Crippen molar-refractivity contribution in [3.8, 4) is 0 Å². The van der Waals surface area contributed by atoms with Crippen molar-refractivity contribution in [3.63, 3.8) is 0 Å². The topological polar surface area (TPSA) is 37.3 Å². The van der Waals surface area contributed by atoms with Gasteiger partial charge in [0.1, 0.15) is 0 Å². The van der Waals surface area contributed by atoms with Gasteiger partial charge in [-0.05, 0) is 6.42 Å². The van der Waals surface area contributed by atoms with E-state index in [2.05, 4.69) is 6.92 Å². The zero-order valence-corrected chi connectivity index (χ0v) is 8.72. The van der Waals surface area contributed by atoms with Crippen LogP contribution >= 0.6 is 0 Å². The molecule has 0 bridgehead atoms. The number of unbranched alkanes of at least 4 members (excludes halogenated alkanes) is 7. The van der Waals surface area contributed by atoms with E-state index in [1.807, 2.05) is 0 Å². The summed E-state index contributed by atoms with van der Waals surface area (Å²) in [5.41, 5.74) is 0. The zero-order chi connectivity index (χ0) is 9.94. The Bertz CT molecular complexity index is 126. The van der Waals surface area contributed by atoms with E-state index in [-0.39, 0.29) is 18.9 Å². The van der Waals surface area contributed by atoms with Crippen molar-refractivity contribution in [1.29, 1.82) is 0 Å². The normalized spacial score (nSPS) is 9.50. The molecular weight excluding hydrogens is 171 g/mol. The second-order valence-corrected chi connectivity index (χ2v) is 3.62. The van der Waals surface area contributed by atoms with Crippen molar-refractivity contribution >= 4 is 24.8 Å². The molecule has 0 spiro atoms. The summed E-state index contributed by atoms with van der Waals surface area (Å²) in [5, 5.41) is 8.39. The van der Waals surface area contributed by atoms with E-state index in [0.717, 1.165) is 12.8 Å². The molecule has 0 rings (SSSR count). The molecule has 80 valence electrons. The van der Waals surface area contributed by atoms with Crippen molar-refractivity contribution in [2.24, 2.45) is 0 Å². The molecule has 2 nitrogen and oxygen atoms in total. The average Bonchev–Trinajstić information content (AvgIpc) is 2.09. The molecule has 0 saturated heterocycles. The van der Waals surface area contributed by atoms with Gasteiger partial charge in [0, 0.05) is 6.42 Å². The summed E-state index contributed by atoms with van der Waals surface area (Å²) in [5.74, 6) is -0.661. The Kier molecular flexibility index (Phi) is 15.4. The molecule has 0 aromatic carbocycles. The summed E-state index contributed by atoms with van der Waals surface area (Å²) in [6, 6.07) is 0. The van der Waals surface area contributed by atoms with E-state index >= 15 is 0 Å². The average molecular weight is 194 g/mol.